The summed E-state index contributed by atoms with van der Waals surface area (Å²) in [6.45, 7) is 1.96. The van der Waals surface area contributed by atoms with Gasteiger partial charge in [0.25, 0.3) is 0 Å². The van der Waals surface area contributed by atoms with Gasteiger partial charge >= 0.3 is 0 Å². The number of hydrogen-bond donors (Lipinski definition) is 0. The molecule has 28 heavy (non-hydrogen) atoms. The van der Waals surface area contributed by atoms with Crippen LogP contribution in [0.25, 0.3) is 38.8 Å². The van der Waals surface area contributed by atoms with Gasteiger partial charge in [0.2, 0.25) is 5.95 Å². The van der Waals surface area contributed by atoms with Crippen molar-refractivity contribution in [1.82, 2.24) is 24.5 Å². The Morgan fingerprint density at radius 2 is 1.79 bits per heavy atom. The molecule has 0 amide bonds. The summed E-state index contributed by atoms with van der Waals surface area (Å²) in [5, 5.41) is 10.6. The lowest BCUT2D eigenvalue weighted by Crippen LogP contribution is -1.99. The highest BCUT2D eigenvalue weighted by atomic mass is 19.1. The Kier molecular flexibility index (Phi) is 3.52. The van der Waals surface area contributed by atoms with Crippen LogP contribution in [0, 0.1) is 18.7 Å². The fourth-order valence-electron chi connectivity index (χ4n) is 3.63. The molecule has 0 saturated heterocycles. The van der Waals surface area contributed by atoms with E-state index in [1.165, 1.54) is 18.3 Å². The van der Waals surface area contributed by atoms with Gasteiger partial charge < -0.3 is 0 Å². The highest BCUT2D eigenvalue weighted by molar-refractivity contribution is 6.03. The van der Waals surface area contributed by atoms with E-state index in [1.54, 1.807) is 34.7 Å². The van der Waals surface area contributed by atoms with E-state index in [2.05, 4.69) is 10.1 Å². The molecule has 138 valence electrons. The number of nitrogens with zero attached hydrogens (tertiary/aromatic N) is 5. The Labute approximate surface area is 158 Å². The second-order valence-corrected chi connectivity index (χ2v) is 6.73. The Morgan fingerprint density at radius 3 is 2.57 bits per heavy atom. The molecule has 0 N–H and O–H groups in total. The van der Waals surface area contributed by atoms with Crippen LogP contribution in [0.4, 0.5) is 8.78 Å². The summed E-state index contributed by atoms with van der Waals surface area (Å²) in [5.74, 6) is -0.936. The standard InChI is InChI=1S/C21H15F2N5/c1-12-4-3-5-14-20(19-15-11-27(2)25-17(15)8-7-16(19)22)26-28(21(12)14)13-6-9-18(23)24-10-13/h3-11H,1-2H3. The smallest absolute Gasteiger partial charge is 0.212 e. The van der Waals surface area contributed by atoms with E-state index in [0.717, 1.165) is 16.5 Å². The topological polar surface area (TPSA) is 48.5 Å². The summed E-state index contributed by atoms with van der Waals surface area (Å²) in [4.78, 5) is 3.73. The lowest BCUT2D eigenvalue weighted by molar-refractivity contribution is 0.582. The van der Waals surface area contributed by atoms with E-state index in [4.69, 9.17) is 5.10 Å². The molecule has 0 fully saturated rings. The maximum atomic E-state index is 15.0. The molecule has 3 aromatic heterocycles. The zero-order valence-corrected chi connectivity index (χ0v) is 15.2. The van der Waals surface area contributed by atoms with Gasteiger partial charge in [-0.15, -0.1) is 0 Å². The molecule has 5 nitrogen and oxygen atoms in total. The summed E-state index contributed by atoms with van der Waals surface area (Å²) >= 11 is 0. The average Bonchev–Trinajstić information content (AvgIpc) is 3.24. The van der Waals surface area contributed by atoms with Crippen LogP contribution in [0.5, 0.6) is 0 Å². The van der Waals surface area contributed by atoms with Gasteiger partial charge in [-0.05, 0) is 36.8 Å². The zero-order valence-electron chi connectivity index (χ0n) is 15.2. The van der Waals surface area contributed by atoms with Crippen LogP contribution in [-0.4, -0.2) is 24.5 Å². The van der Waals surface area contributed by atoms with Crippen molar-refractivity contribution in [1.29, 1.82) is 0 Å². The molecule has 5 aromatic rings. The second-order valence-electron chi connectivity index (χ2n) is 6.73. The van der Waals surface area contributed by atoms with Crippen molar-refractivity contribution in [3.05, 3.63) is 72.2 Å². The predicted molar refractivity (Wildman–Crippen MR) is 103 cm³/mol. The van der Waals surface area contributed by atoms with Gasteiger partial charge in [-0.25, -0.2) is 14.1 Å². The molecule has 5 rings (SSSR count). The molecule has 2 aromatic carbocycles. The van der Waals surface area contributed by atoms with Crippen LogP contribution in [0.3, 0.4) is 0 Å². The third kappa shape index (κ3) is 2.40. The minimum atomic E-state index is -0.566. The molecular weight excluding hydrogens is 360 g/mol. The molecule has 0 aliphatic carbocycles. The molecular formula is C21H15F2N5. The van der Waals surface area contributed by atoms with Gasteiger partial charge in [-0.3, -0.25) is 4.68 Å². The molecule has 0 spiro atoms. The van der Waals surface area contributed by atoms with Crippen LogP contribution >= 0.6 is 0 Å². The van der Waals surface area contributed by atoms with Gasteiger partial charge in [0, 0.05) is 29.6 Å². The van der Waals surface area contributed by atoms with E-state index in [0.29, 0.717) is 27.8 Å². The fraction of sp³-hybridized carbons (Fsp3) is 0.0952. The summed E-state index contributed by atoms with van der Waals surface area (Å²) < 4.78 is 31.6. The molecule has 0 bridgehead atoms. The van der Waals surface area contributed by atoms with Crippen LogP contribution in [0.2, 0.25) is 0 Å². The molecule has 0 atom stereocenters. The molecule has 0 saturated carbocycles. The number of aromatic nitrogens is 5. The number of pyridine rings is 1. The second kappa shape index (κ2) is 5.95. The maximum absolute atomic E-state index is 15.0. The quantitative estimate of drug-likeness (QED) is 0.425. The number of aryl methyl sites for hydroxylation is 2. The van der Waals surface area contributed by atoms with Crippen molar-refractivity contribution >= 4 is 21.8 Å². The number of fused-ring (bicyclic) bond motifs is 2. The van der Waals surface area contributed by atoms with Crippen molar-refractivity contribution in [2.45, 2.75) is 6.92 Å². The lowest BCUT2D eigenvalue weighted by Gasteiger charge is -2.04. The number of para-hydroxylation sites is 1. The van der Waals surface area contributed by atoms with Gasteiger partial charge in [-0.1, -0.05) is 18.2 Å². The van der Waals surface area contributed by atoms with E-state index in [-0.39, 0.29) is 5.82 Å². The Hall–Kier alpha value is -3.61. The third-order valence-electron chi connectivity index (χ3n) is 4.85. The van der Waals surface area contributed by atoms with Crippen LogP contribution in [0.15, 0.2) is 54.9 Å². The monoisotopic (exact) mass is 375 g/mol. The van der Waals surface area contributed by atoms with E-state index in [9.17, 15) is 8.78 Å². The van der Waals surface area contributed by atoms with E-state index in [1.807, 2.05) is 25.1 Å². The van der Waals surface area contributed by atoms with E-state index >= 15 is 0 Å². The first-order chi connectivity index (χ1) is 13.5. The first-order valence-electron chi connectivity index (χ1n) is 8.75. The van der Waals surface area contributed by atoms with Gasteiger partial charge in [0.05, 0.1) is 22.9 Å². The Balaban J connectivity index is 1.89. The minimum Gasteiger partial charge on any atom is -0.275 e. The van der Waals surface area contributed by atoms with Gasteiger partial charge in [0.15, 0.2) is 0 Å². The molecule has 3 heterocycles. The predicted octanol–water partition coefficient (Wildman–Crippen LogP) is 4.56. The van der Waals surface area contributed by atoms with Gasteiger partial charge in [-0.2, -0.15) is 14.6 Å². The maximum Gasteiger partial charge on any atom is 0.212 e. The van der Waals surface area contributed by atoms with Crippen LogP contribution < -0.4 is 0 Å². The first-order valence-corrected chi connectivity index (χ1v) is 8.75. The molecule has 0 aliphatic heterocycles. The first kappa shape index (κ1) is 16.6. The largest absolute Gasteiger partial charge is 0.275 e. The number of rotatable bonds is 2. The van der Waals surface area contributed by atoms with Gasteiger partial charge in [0.1, 0.15) is 11.5 Å². The Morgan fingerprint density at radius 1 is 0.929 bits per heavy atom. The highest BCUT2D eigenvalue weighted by Crippen LogP contribution is 2.36. The van der Waals surface area contributed by atoms with Crippen LogP contribution in [-0.2, 0) is 7.05 Å². The highest BCUT2D eigenvalue weighted by Gasteiger charge is 2.21. The fourth-order valence-corrected chi connectivity index (χ4v) is 3.63. The summed E-state index contributed by atoms with van der Waals surface area (Å²) in [7, 11) is 1.80. The molecule has 0 radical (unpaired) electrons. The average molecular weight is 375 g/mol. The zero-order chi connectivity index (χ0) is 19.4. The summed E-state index contributed by atoms with van der Waals surface area (Å²) in [5.41, 5.74) is 4.00. The minimum absolute atomic E-state index is 0.370. The third-order valence-corrected chi connectivity index (χ3v) is 4.85. The van der Waals surface area contributed by atoms with Crippen molar-refractivity contribution in [2.75, 3.05) is 0 Å². The van der Waals surface area contributed by atoms with Crippen molar-refractivity contribution in [3.63, 3.8) is 0 Å². The SMILES string of the molecule is Cc1cccc2c(-c3c(F)ccc4nn(C)cc34)nn(-c3ccc(F)nc3)c12. The molecule has 0 aliphatic rings. The lowest BCUT2D eigenvalue weighted by atomic mass is 10.0. The summed E-state index contributed by atoms with van der Waals surface area (Å²) in [6.07, 6.45) is 3.20. The number of hydrogen-bond acceptors (Lipinski definition) is 3. The number of benzene rings is 2. The van der Waals surface area contributed by atoms with Crippen molar-refractivity contribution in [2.24, 2.45) is 7.05 Å². The van der Waals surface area contributed by atoms with Crippen LogP contribution in [0.1, 0.15) is 5.56 Å². The van der Waals surface area contributed by atoms with Crippen molar-refractivity contribution in [3.8, 4) is 16.9 Å². The molecule has 7 heteroatoms. The molecule has 0 unspecified atom stereocenters. The Bertz CT molecular complexity index is 1350. The van der Waals surface area contributed by atoms with Crippen molar-refractivity contribution < 1.29 is 8.78 Å². The normalized spacial score (nSPS) is 11.6. The van der Waals surface area contributed by atoms with E-state index < -0.39 is 5.95 Å². The summed E-state index contributed by atoms with van der Waals surface area (Å²) in [6, 6.07) is 11.7. The number of halogens is 2.